The van der Waals surface area contributed by atoms with Crippen molar-refractivity contribution in [1.29, 1.82) is 0 Å². The van der Waals surface area contributed by atoms with Crippen LogP contribution in [0.15, 0.2) is 22.7 Å². The van der Waals surface area contributed by atoms with Crippen molar-refractivity contribution in [3.05, 3.63) is 39.6 Å². The lowest BCUT2D eigenvalue weighted by Gasteiger charge is -2.10. The number of benzene rings is 1. The van der Waals surface area contributed by atoms with Crippen molar-refractivity contribution >= 4 is 15.9 Å². The Hall–Kier alpha value is -1.33. The molecule has 1 aromatic carbocycles. The molecular weight excluding hydrogens is 330 g/mol. The molecule has 1 N–H and O–H groups in total. The van der Waals surface area contributed by atoms with Crippen LogP contribution in [0.25, 0.3) is 0 Å². The van der Waals surface area contributed by atoms with Gasteiger partial charge in [-0.25, -0.2) is 0 Å². The van der Waals surface area contributed by atoms with Gasteiger partial charge in [-0.15, -0.1) is 0 Å². The van der Waals surface area contributed by atoms with Crippen molar-refractivity contribution in [3.8, 4) is 11.5 Å². The smallest absolute Gasteiger partial charge is 0.171 e. The molecule has 0 saturated heterocycles. The summed E-state index contributed by atoms with van der Waals surface area (Å²) in [7, 11) is 1.92. The molecule has 0 atom stereocenters. The zero-order valence-electron chi connectivity index (χ0n) is 13.0. The fourth-order valence-electron chi connectivity index (χ4n) is 2.15. The van der Waals surface area contributed by atoms with Gasteiger partial charge in [0.25, 0.3) is 0 Å². The topological polar surface area (TPSA) is 39.1 Å². The second-order valence-corrected chi connectivity index (χ2v) is 6.01. The van der Waals surface area contributed by atoms with E-state index in [1.54, 1.807) is 0 Å². The number of hydrogen-bond donors (Lipinski definition) is 1. The van der Waals surface area contributed by atoms with Gasteiger partial charge in [0.05, 0.1) is 5.69 Å². The van der Waals surface area contributed by atoms with Crippen LogP contribution < -0.4 is 10.1 Å². The Morgan fingerprint density at radius 2 is 2.10 bits per heavy atom. The molecule has 0 aliphatic rings. The Balaban J connectivity index is 2.13. The quantitative estimate of drug-likeness (QED) is 0.796. The highest BCUT2D eigenvalue weighted by atomic mass is 79.9. The number of aromatic nitrogens is 2. The van der Waals surface area contributed by atoms with E-state index in [4.69, 9.17) is 4.74 Å². The Labute approximate surface area is 134 Å². The van der Waals surface area contributed by atoms with Gasteiger partial charge in [-0.2, -0.15) is 5.10 Å². The summed E-state index contributed by atoms with van der Waals surface area (Å²) in [5.41, 5.74) is 3.16. The van der Waals surface area contributed by atoms with E-state index >= 15 is 0 Å². The molecule has 0 bridgehead atoms. The number of nitrogens with one attached hydrogen (secondary N) is 1. The molecule has 0 fully saturated rings. The van der Waals surface area contributed by atoms with Gasteiger partial charge in [-0.3, -0.25) is 4.68 Å². The van der Waals surface area contributed by atoms with Crippen LogP contribution in [0.3, 0.4) is 0 Å². The number of hydrogen-bond acceptors (Lipinski definition) is 3. The van der Waals surface area contributed by atoms with Gasteiger partial charge >= 0.3 is 0 Å². The van der Waals surface area contributed by atoms with Crippen LogP contribution >= 0.6 is 15.9 Å². The predicted octanol–water partition coefficient (Wildman–Crippen LogP) is 4.09. The Bertz CT molecular complexity index is 622. The summed E-state index contributed by atoms with van der Waals surface area (Å²) < 4.78 is 8.88. The van der Waals surface area contributed by atoms with E-state index in [1.165, 1.54) is 5.56 Å². The highest BCUT2D eigenvalue weighted by molar-refractivity contribution is 9.10. The summed E-state index contributed by atoms with van der Waals surface area (Å²) in [6, 6.07) is 6.09. The van der Waals surface area contributed by atoms with Gasteiger partial charge < -0.3 is 10.1 Å². The molecule has 0 spiro atoms. The average molecular weight is 352 g/mol. The highest BCUT2D eigenvalue weighted by Crippen LogP contribution is 2.30. The van der Waals surface area contributed by atoms with Crippen LogP contribution in [-0.4, -0.2) is 16.3 Å². The van der Waals surface area contributed by atoms with E-state index in [2.05, 4.69) is 39.3 Å². The van der Waals surface area contributed by atoms with Crippen molar-refractivity contribution in [3.63, 3.8) is 0 Å². The Kier molecular flexibility index (Phi) is 5.42. The minimum absolute atomic E-state index is 0.820. The highest BCUT2D eigenvalue weighted by Gasteiger charge is 2.12. The molecule has 0 saturated carbocycles. The molecule has 5 heteroatoms. The molecule has 0 radical (unpaired) electrons. The van der Waals surface area contributed by atoms with Gasteiger partial charge in [0, 0.05) is 18.1 Å². The summed E-state index contributed by atoms with van der Waals surface area (Å²) >= 11 is 3.61. The summed E-state index contributed by atoms with van der Waals surface area (Å²) in [5, 5.41) is 7.77. The van der Waals surface area contributed by atoms with Gasteiger partial charge in [-0.1, -0.05) is 28.9 Å². The third-order valence-electron chi connectivity index (χ3n) is 3.43. The lowest BCUT2D eigenvalue weighted by Crippen LogP contribution is -2.14. The minimum Gasteiger partial charge on any atom is -0.453 e. The van der Waals surface area contributed by atoms with Crippen molar-refractivity contribution in [2.24, 2.45) is 7.05 Å². The molecule has 1 aromatic heterocycles. The van der Waals surface area contributed by atoms with E-state index < -0.39 is 0 Å². The first-order chi connectivity index (χ1) is 10.0. The van der Waals surface area contributed by atoms with Crippen molar-refractivity contribution in [1.82, 2.24) is 15.1 Å². The normalized spacial score (nSPS) is 10.9. The molecule has 1 heterocycles. The zero-order chi connectivity index (χ0) is 15.4. The fourth-order valence-corrected chi connectivity index (χ4v) is 2.65. The number of rotatable bonds is 6. The van der Waals surface area contributed by atoms with Gasteiger partial charge in [0.15, 0.2) is 5.75 Å². The third kappa shape index (κ3) is 3.86. The first kappa shape index (κ1) is 16.0. The zero-order valence-corrected chi connectivity index (χ0v) is 14.6. The standard InChI is InChI=1S/C16H22BrN3O/c1-5-8-18-10-13-6-7-14(9-15(13)17)21-16-11(2)19-20(4)12(16)3/h6-7,9,18H,5,8,10H2,1-4H3. The SMILES string of the molecule is CCCNCc1ccc(Oc2c(C)nn(C)c2C)cc1Br. The maximum atomic E-state index is 5.99. The molecule has 0 aliphatic heterocycles. The van der Waals surface area contributed by atoms with E-state index in [-0.39, 0.29) is 0 Å². The molecule has 21 heavy (non-hydrogen) atoms. The van der Waals surface area contributed by atoms with Crippen molar-refractivity contribution in [2.75, 3.05) is 6.54 Å². The fraction of sp³-hybridized carbons (Fsp3) is 0.438. The minimum atomic E-state index is 0.820. The molecule has 0 unspecified atom stereocenters. The molecule has 2 aromatic rings. The van der Waals surface area contributed by atoms with E-state index in [1.807, 2.05) is 37.7 Å². The first-order valence-electron chi connectivity index (χ1n) is 7.20. The average Bonchev–Trinajstić information content (AvgIpc) is 2.68. The summed E-state index contributed by atoms with van der Waals surface area (Å²) in [5.74, 6) is 1.65. The number of ether oxygens (including phenoxy) is 1. The van der Waals surface area contributed by atoms with Crippen LogP contribution in [0.2, 0.25) is 0 Å². The Morgan fingerprint density at radius 1 is 1.33 bits per heavy atom. The molecule has 114 valence electrons. The lowest BCUT2D eigenvalue weighted by molar-refractivity contribution is 0.473. The van der Waals surface area contributed by atoms with Crippen LogP contribution in [0.1, 0.15) is 30.3 Å². The summed E-state index contributed by atoms with van der Waals surface area (Å²) in [6.45, 7) is 8.02. The van der Waals surface area contributed by atoms with Crippen LogP contribution in [0.5, 0.6) is 11.5 Å². The van der Waals surface area contributed by atoms with Crippen molar-refractivity contribution in [2.45, 2.75) is 33.7 Å². The van der Waals surface area contributed by atoms with Crippen LogP contribution in [0.4, 0.5) is 0 Å². The molecule has 2 rings (SSSR count). The maximum Gasteiger partial charge on any atom is 0.171 e. The van der Waals surface area contributed by atoms with E-state index in [9.17, 15) is 0 Å². The summed E-state index contributed by atoms with van der Waals surface area (Å²) in [6.07, 6.45) is 1.14. The summed E-state index contributed by atoms with van der Waals surface area (Å²) in [4.78, 5) is 0. The second-order valence-electron chi connectivity index (χ2n) is 5.16. The second kappa shape index (κ2) is 7.09. The lowest BCUT2D eigenvalue weighted by atomic mass is 10.2. The molecule has 0 aliphatic carbocycles. The predicted molar refractivity (Wildman–Crippen MR) is 88.9 cm³/mol. The first-order valence-corrected chi connectivity index (χ1v) is 7.99. The van der Waals surface area contributed by atoms with Crippen LogP contribution in [-0.2, 0) is 13.6 Å². The third-order valence-corrected chi connectivity index (χ3v) is 4.17. The monoisotopic (exact) mass is 351 g/mol. The number of aryl methyl sites for hydroxylation is 2. The van der Waals surface area contributed by atoms with Gasteiger partial charge in [0.1, 0.15) is 11.4 Å². The molecular formula is C16H22BrN3O. The van der Waals surface area contributed by atoms with Gasteiger partial charge in [-0.05, 0) is 44.5 Å². The number of nitrogens with zero attached hydrogens (tertiary/aromatic N) is 2. The van der Waals surface area contributed by atoms with Gasteiger partial charge in [0.2, 0.25) is 0 Å². The molecule has 0 amide bonds. The molecule has 4 nitrogen and oxygen atoms in total. The van der Waals surface area contributed by atoms with Crippen molar-refractivity contribution < 1.29 is 4.74 Å². The maximum absolute atomic E-state index is 5.99. The number of halogens is 1. The largest absolute Gasteiger partial charge is 0.453 e. The van der Waals surface area contributed by atoms with E-state index in [0.717, 1.165) is 46.9 Å². The van der Waals surface area contributed by atoms with Crippen LogP contribution in [0, 0.1) is 13.8 Å². The van der Waals surface area contributed by atoms with E-state index in [0.29, 0.717) is 0 Å². The Morgan fingerprint density at radius 3 is 2.67 bits per heavy atom.